The Balaban J connectivity index is 1.51. The molecule has 2 aliphatic rings. The molecule has 7 heteroatoms. The van der Waals surface area contributed by atoms with E-state index in [2.05, 4.69) is 5.32 Å². The number of rotatable bonds is 5. The van der Waals surface area contributed by atoms with Gasteiger partial charge in [0, 0.05) is 17.6 Å². The molecule has 1 atom stereocenters. The van der Waals surface area contributed by atoms with Crippen LogP contribution in [-0.4, -0.2) is 32.9 Å². The molecule has 0 radical (unpaired) electrons. The maximum atomic E-state index is 13.9. The van der Waals surface area contributed by atoms with Crippen molar-refractivity contribution in [1.29, 1.82) is 0 Å². The monoisotopic (exact) mass is 479 g/mol. The zero-order valence-corrected chi connectivity index (χ0v) is 20.2. The number of aromatic nitrogens is 1. The number of furan rings is 1. The zero-order valence-electron chi connectivity index (χ0n) is 19.4. The van der Waals surface area contributed by atoms with E-state index >= 15 is 0 Å². The van der Waals surface area contributed by atoms with Crippen LogP contribution in [0.3, 0.4) is 0 Å². The van der Waals surface area contributed by atoms with Gasteiger partial charge < -0.3 is 19.2 Å². The van der Waals surface area contributed by atoms with Gasteiger partial charge >= 0.3 is 0 Å². The summed E-state index contributed by atoms with van der Waals surface area (Å²) in [6.45, 7) is 2.55. The first kappa shape index (κ1) is 22.8. The van der Waals surface area contributed by atoms with Gasteiger partial charge in [-0.05, 0) is 61.7 Å². The van der Waals surface area contributed by atoms with Crippen molar-refractivity contribution >= 4 is 23.4 Å². The van der Waals surface area contributed by atoms with Gasteiger partial charge in [-0.1, -0.05) is 49.4 Å². The Morgan fingerprint density at radius 2 is 1.76 bits per heavy atom. The standard InChI is InChI=1S/C27H30ClN3O3/c1-27(26(33)29-21-7-4-2-3-5-8-21)18-30-22(24-9-6-16-34-24)14-15-23(30)25(32)31(27)17-19-10-12-20(28)13-11-19/h6,9-16,21H,2-5,7-8,17-18H2,1H3,(H,29,33)/t27-/m1/s1. The molecule has 34 heavy (non-hydrogen) atoms. The molecule has 2 aromatic heterocycles. The van der Waals surface area contributed by atoms with Crippen molar-refractivity contribution in [2.75, 3.05) is 0 Å². The van der Waals surface area contributed by atoms with Crippen LogP contribution in [0.5, 0.6) is 0 Å². The van der Waals surface area contributed by atoms with Gasteiger partial charge in [0.25, 0.3) is 5.91 Å². The van der Waals surface area contributed by atoms with E-state index in [4.69, 9.17) is 16.0 Å². The molecule has 0 unspecified atom stereocenters. The van der Waals surface area contributed by atoms with E-state index in [1.54, 1.807) is 11.2 Å². The molecule has 0 saturated heterocycles. The van der Waals surface area contributed by atoms with Crippen molar-refractivity contribution < 1.29 is 14.0 Å². The van der Waals surface area contributed by atoms with Gasteiger partial charge in [-0.15, -0.1) is 0 Å². The van der Waals surface area contributed by atoms with Gasteiger partial charge in [0.15, 0.2) is 0 Å². The van der Waals surface area contributed by atoms with Crippen LogP contribution in [0.1, 0.15) is 61.5 Å². The number of hydrogen-bond acceptors (Lipinski definition) is 3. The fraction of sp³-hybridized carbons (Fsp3) is 0.407. The van der Waals surface area contributed by atoms with Crippen LogP contribution in [0.25, 0.3) is 11.5 Å². The Morgan fingerprint density at radius 3 is 2.44 bits per heavy atom. The quantitative estimate of drug-likeness (QED) is 0.480. The molecule has 0 spiro atoms. The van der Waals surface area contributed by atoms with Crippen LogP contribution < -0.4 is 5.32 Å². The topological polar surface area (TPSA) is 67.5 Å². The summed E-state index contributed by atoms with van der Waals surface area (Å²) in [6, 6.07) is 15.0. The molecule has 178 valence electrons. The first-order chi connectivity index (χ1) is 16.5. The minimum absolute atomic E-state index is 0.105. The number of carbonyl (C=O) groups is 2. The number of benzene rings is 1. The van der Waals surface area contributed by atoms with E-state index in [1.807, 2.05) is 60.0 Å². The molecular weight excluding hydrogens is 450 g/mol. The highest BCUT2D eigenvalue weighted by Crippen LogP contribution is 2.35. The minimum Gasteiger partial charge on any atom is -0.463 e. The molecule has 3 heterocycles. The summed E-state index contributed by atoms with van der Waals surface area (Å²) in [5.74, 6) is 0.403. The molecule has 1 fully saturated rings. The average molecular weight is 480 g/mol. The van der Waals surface area contributed by atoms with E-state index in [0.717, 1.165) is 36.9 Å². The summed E-state index contributed by atoms with van der Waals surface area (Å²) in [6.07, 6.45) is 8.26. The van der Waals surface area contributed by atoms with Gasteiger partial charge in [0.1, 0.15) is 17.0 Å². The Morgan fingerprint density at radius 1 is 1.06 bits per heavy atom. The van der Waals surface area contributed by atoms with E-state index in [1.165, 1.54) is 12.8 Å². The summed E-state index contributed by atoms with van der Waals surface area (Å²) < 4.78 is 7.54. The normalized spacial score (nSPS) is 21.2. The Kier molecular flexibility index (Phi) is 6.26. The predicted molar refractivity (Wildman–Crippen MR) is 131 cm³/mol. The Hall–Kier alpha value is -2.99. The van der Waals surface area contributed by atoms with Crippen LogP contribution in [0.4, 0.5) is 0 Å². The number of amides is 2. The summed E-state index contributed by atoms with van der Waals surface area (Å²) in [7, 11) is 0. The lowest BCUT2D eigenvalue weighted by molar-refractivity contribution is -0.134. The molecule has 1 aliphatic heterocycles. The third-order valence-corrected chi connectivity index (χ3v) is 7.47. The fourth-order valence-electron chi connectivity index (χ4n) is 5.20. The Labute approximate surface area is 204 Å². The summed E-state index contributed by atoms with van der Waals surface area (Å²) in [4.78, 5) is 29.4. The number of carbonyl (C=O) groups excluding carboxylic acids is 2. The van der Waals surface area contributed by atoms with Crippen LogP contribution in [0, 0.1) is 0 Å². The molecule has 1 saturated carbocycles. The second kappa shape index (κ2) is 9.34. The molecule has 1 N–H and O–H groups in total. The lowest BCUT2D eigenvalue weighted by Crippen LogP contribution is -2.64. The van der Waals surface area contributed by atoms with Crippen molar-refractivity contribution in [3.05, 3.63) is 71.1 Å². The van der Waals surface area contributed by atoms with Gasteiger partial charge in [-0.2, -0.15) is 0 Å². The van der Waals surface area contributed by atoms with Crippen LogP contribution in [0.2, 0.25) is 5.02 Å². The maximum Gasteiger partial charge on any atom is 0.271 e. The molecule has 2 amide bonds. The first-order valence-corrected chi connectivity index (χ1v) is 12.4. The SMILES string of the molecule is C[C@]1(C(=O)NC2CCCCCC2)Cn2c(ccc2-c2ccco2)C(=O)N1Cc1ccc(Cl)cc1. The molecule has 6 nitrogen and oxygen atoms in total. The predicted octanol–water partition coefficient (Wildman–Crippen LogP) is 5.66. The molecule has 3 aromatic rings. The summed E-state index contributed by atoms with van der Waals surface area (Å²) in [5.41, 5.74) is 1.22. The van der Waals surface area contributed by atoms with E-state index in [0.29, 0.717) is 29.6 Å². The number of nitrogens with one attached hydrogen (secondary N) is 1. The van der Waals surface area contributed by atoms with Gasteiger partial charge in [-0.25, -0.2) is 0 Å². The van der Waals surface area contributed by atoms with E-state index in [9.17, 15) is 9.59 Å². The molecule has 5 rings (SSSR count). The molecule has 0 bridgehead atoms. The average Bonchev–Trinajstić information content (AvgIpc) is 3.43. The summed E-state index contributed by atoms with van der Waals surface area (Å²) in [5, 5.41) is 3.94. The van der Waals surface area contributed by atoms with Crippen LogP contribution in [-0.2, 0) is 17.9 Å². The smallest absolute Gasteiger partial charge is 0.271 e. The second-order valence-corrected chi connectivity index (χ2v) is 10.1. The lowest BCUT2D eigenvalue weighted by atomic mass is 9.92. The van der Waals surface area contributed by atoms with E-state index < -0.39 is 5.54 Å². The van der Waals surface area contributed by atoms with Crippen molar-refractivity contribution in [2.24, 2.45) is 0 Å². The number of hydrogen-bond donors (Lipinski definition) is 1. The van der Waals surface area contributed by atoms with E-state index in [-0.39, 0.29) is 17.9 Å². The van der Waals surface area contributed by atoms with Crippen molar-refractivity contribution in [3.63, 3.8) is 0 Å². The molecular formula is C27H30ClN3O3. The first-order valence-electron chi connectivity index (χ1n) is 12.1. The number of nitrogens with zero attached hydrogens (tertiary/aromatic N) is 2. The fourth-order valence-corrected chi connectivity index (χ4v) is 5.32. The van der Waals surface area contributed by atoms with Gasteiger partial charge in [0.05, 0.1) is 18.5 Å². The van der Waals surface area contributed by atoms with Crippen LogP contribution in [0.15, 0.2) is 59.2 Å². The number of fused-ring (bicyclic) bond motifs is 1. The minimum atomic E-state index is -1.06. The number of halogens is 1. The highest BCUT2D eigenvalue weighted by atomic mass is 35.5. The van der Waals surface area contributed by atoms with Crippen LogP contribution >= 0.6 is 11.6 Å². The zero-order chi connectivity index (χ0) is 23.7. The molecule has 1 aliphatic carbocycles. The highest BCUT2D eigenvalue weighted by Gasteiger charge is 2.48. The lowest BCUT2D eigenvalue weighted by Gasteiger charge is -2.45. The third kappa shape index (κ3) is 4.27. The van der Waals surface area contributed by atoms with Gasteiger partial charge in [0.2, 0.25) is 5.91 Å². The highest BCUT2D eigenvalue weighted by molar-refractivity contribution is 6.30. The van der Waals surface area contributed by atoms with Crippen molar-refractivity contribution in [1.82, 2.24) is 14.8 Å². The maximum absolute atomic E-state index is 13.9. The Bertz CT molecular complexity index is 1160. The third-order valence-electron chi connectivity index (χ3n) is 7.21. The van der Waals surface area contributed by atoms with Crippen molar-refractivity contribution in [3.8, 4) is 11.5 Å². The largest absolute Gasteiger partial charge is 0.463 e. The summed E-state index contributed by atoms with van der Waals surface area (Å²) >= 11 is 6.07. The molecule has 1 aromatic carbocycles. The van der Waals surface area contributed by atoms with Crippen molar-refractivity contribution in [2.45, 2.75) is 70.1 Å². The van der Waals surface area contributed by atoms with Gasteiger partial charge in [-0.3, -0.25) is 9.59 Å². The second-order valence-electron chi connectivity index (χ2n) is 9.62.